The number of sulfone groups is 1. The van der Waals surface area contributed by atoms with Crippen LogP contribution < -0.4 is 0 Å². The fraction of sp³-hybridized carbons (Fsp3) is 0.333. The summed E-state index contributed by atoms with van der Waals surface area (Å²) in [5.74, 6) is -1.22. The van der Waals surface area contributed by atoms with Crippen LogP contribution in [0.15, 0.2) is 53.4 Å². The second-order valence-corrected chi connectivity index (χ2v) is 10.7. The van der Waals surface area contributed by atoms with Crippen molar-refractivity contribution >= 4 is 19.9 Å². The molecule has 1 aliphatic rings. The number of sulfonamides is 1. The van der Waals surface area contributed by atoms with E-state index in [1.165, 1.54) is 40.7 Å². The molecule has 1 aliphatic heterocycles. The number of piperidine rings is 1. The van der Waals surface area contributed by atoms with Crippen molar-refractivity contribution in [1.29, 1.82) is 0 Å². The van der Waals surface area contributed by atoms with Crippen LogP contribution in [0.1, 0.15) is 18.4 Å². The fourth-order valence-electron chi connectivity index (χ4n) is 3.12. The highest BCUT2D eigenvalue weighted by atomic mass is 32.2. The van der Waals surface area contributed by atoms with Crippen LogP contribution in [0.25, 0.3) is 0 Å². The SMILES string of the molecule is O=S(=O)(c1ccc(F)cc1)C1CCN(S(=O)(=O)Cc2ccc(F)cc2)CC1. The zero-order valence-corrected chi connectivity index (χ0v) is 16.0. The zero-order chi connectivity index (χ0) is 19.7. The minimum atomic E-state index is -3.64. The van der Waals surface area contributed by atoms with Crippen LogP contribution in [-0.2, 0) is 25.6 Å². The van der Waals surface area contributed by atoms with Gasteiger partial charge in [0.2, 0.25) is 10.0 Å². The van der Waals surface area contributed by atoms with Gasteiger partial charge in [-0.25, -0.2) is 29.9 Å². The van der Waals surface area contributed by atoms with Gasteiger partial charge in [0.05, 0.1) is 15.9 Å². The quantitative estimate of drug-likeness (QED) is 0.704. The van der Waals surface area contributed by atoms with E-state index in [4.69, 9.17) is 0 Å². The van der Waals surface area contributed by atoms with Crippen LogP contribution in [0, 0.1) is 11.6 Å². The Hall–Kier alpha value is -1.84. The first-order valence-electron chi connectivity index (χ1n) is 8.40. The Labute approximate surface area is 157 Å². The Bertz CT molecular complexity index is 996. The Morgan fingerprint density at radius 1 is 0.815 bits per heavy atom. The number of rotatable bonds is 5. The van der Waals surface area contributed by atoms with Gasteiger partial charge in [-0.3, -0.25) is 0 Å². The molecule has 0 saturated carbocycles. The molecule has 1 fully saturated rings. The van der Waals surface area contributed by atoms with Gasteiger partial charge in [0.1, 0.15) is 11.6 Å². The lowest BCUT2D eigenvalue weighted by Crippen LogP contribution is -2.42. The van der Waals surface area contributed by atoms with E-state index in [1.807, 2.05) is 0 Å². The minimum Gasteiger partial charge on any atom is -0.223 e. The molecule has 0 aromatic heterocycles. The molecule has 0 N–H and O–H groups in total. The van der Waals surface area contributed by atoms with Crippen LogP contribution in [0.3, 0.4) is 0 Å². The van der Waals surface area contributed by atoms with E-state index < -0.39 is 36.7 Å². The average molecular weight is 415 g/mol. The lowest BCUT2D eigenvalue weighted by Gasteiger charge is -2.31. The van der Waals surface area contributed by atoms with Gasteiger partial charge in [0.25, 0.3) is 0 Å². The molecule has 0 unspecified atom stereocenters. The third-order valence-corrected chi connectivity index (χ3v) is 8.77. The molecule has 0 radical (unpaired) electrons. The summed E-state index contributed by atoms with van der Waals surface area (Å²) in [5.41, 5.74) is 0.470. The average Bonchev–Trinajstić information content (AvgIpc) is 2.64. The van der Waals surface area contributed by atoms with Crippen molar-refractivity contribution < 1.29 is 25.6 Å². The van der Waals surface area contributed by atoms with Gasteiger partial charge in [0, 0.05) is 13.1 Å². The summed E-state index contributed by atoms with van der Waals surface area (Å²) in [4.78, 5) is 0.0384. The first-order valence-corrected chi connectivity index (χ1v) is 11.6. The van der Waals surface area contributed by atoms with Gasteiger partial charge in [-0.2, -0.15) is 0 Å². The molecule has 1 saturated heterocycles. The lowest BCUT2D eigenvalue weighted by molar-refractivity contribution is 0.345. The van der Waals surface area contributed by atoms with E-state index in [1.54, 1.807) is 0 Å². The summed E-state index contributed by atoms with van der Waals surface area (Å²) in [7, 11) is -7.26. The summed E-state index contributed by atoms with van der Waals surface area (Å²) in [6, 6.07) is 9.87. The van der Waals surface area contributed by atoms with Crippen molar-refractivity contribution in [2.45, 2.75) is 28.7 Å². The van der Waals surface area contributed by atoms with Gasteiger partial charge in [-0.15, -0.1) is 0 Å². The van der Waals surface area contributed by atoms with Crippen molar-refractivity contribution in [3.63, 3.8) is 0 Å². The molecule has 2 aromatic carbocycles. The molecule has 0 spiro atoms. The third-order valence-electron chi connectivity index (χ3n) is 4.64. The monoisotopic (exact) mass is 415 g/mol. The van der Waals surface area contributed by atoms with E-state index >= 15 is 0 Å². The van der Waals surface area contributed by atoms with E-state index in [-0.39, 0.29) is 36.6 Å². The molecule has 5 nitrogen and oxygen atoms in total. The third kappa shape index (κ3) is 4.53. The highest BCUT2D eigenvalue weighted by Crippen LogP contribution is 2.26. The minimum absolute atomic E-state index is 0.0384. The number of nitrogens with zero attached hydrogens (tertiary/aromatic N) is 1. The van der Waals surface area contributed by atoms with E-state index in [2.05, 4.69) is 0 Å². The number of benzene rings is 2. The molecule has 1 heterocycles. The molecule has 146 valence electrons. The Morgan fingerprint density at radius 3 is 1.81 bits per heavy atom. The maximum atomic E-state index is 13.0. The van der Waals surface area contributed by atoms with Crippen LogP contribution in [0.5, 0.6) is 0 Å². The van der Waals surface area contributed by atoms with Crippen LogP contribution >= 0.6 is 0 Å². The van der Waals surface area contributed by atoms with Gasteiger partial charge in [0.15, 0.2) is 9.84 Å². The molecule has 0 bridgehead atoms. The molecule has 0 aliphatic carbocycles. The Kier molecular flexibility index (Phi) is 5.64. The van der Waals surface area contributed by atoms with Crippen LogP contribution in [0.4, 0.5) is 8.78 Å². The predicted molar refractivity (Wildman–Crippen MR) is 97.2 cm³/mol. The van der Waals surface area contributed by atoms with E-state index in [0.717, 1.165) is 12.1 Å². The fourth-order valence-corrected chi connectivity index (χ4v) is 6.42. The lowest BCUT2D eigenvalue weighted by atomic mass is 10.2. The van der Waals surface area contributed by atoms with Crippen molar-refractivity contribution in [3.8, 4) is 0 Å². The topological polar surface area (TPSA) is 71.5 Å². The van der Waals surface area contributed by atoms with Gasteiger partial charge in [-0.05, 0) is 54.8 Å². The maximum Gasteiger partial charge on any atom is 0.218 e. The van der Waals surface area contributed by atoms with Crippen molar-refractivity contribution in [3.05, 3.63) is 65.7 Å². The standard InChI is InChI=1S/C18H19F2NO4S2/c19-15-3-1-14(2-4-15)13-26(22,23)21-11-9-18(10-12-21)27(24,25)17-7-5-16(20)6-8-17/h1-8,18H,9-13H2. The first kappa shape index (κ1) is 19.9. The maximum absolute atomic E-state index is 13.0. The molecule has 0 atom stereocenters. The summed E-state index contributed by atoms with van der Waals surface area (Å²) in [5, 5.41) is -0.708. The van der Waals surface area contributed by atoms with Crippen LogP contribution in [0.2, 0.25) is 0 Å². The molecular formula is C18H19F2NO4S2. The second-order valence-electron chi connectivity index (χ2n) is 6.48. The van der Waals surface area contributed by atoms with Gasteiger partial charge >= 0.3 is 0 Å². The van der Waals surface area contributed by atoms with Crippen molar-refractivity contribution in [2.75, 3.05) is 13.1 Å². The normalized spacial score (nSPS) is 17.1. The predicted octanol–water partition coefficient (Wildman–Crippen LogP) is 2.73. The van der Waals surface area contributed by atoms with E-state index in [0.29, 0.717) is 5.56 Å². The largest absolute Gasteiger partial charge is 0.223 e. The zero-order valence-electron chi connectivity index (χ0n) is 14.4. The second kappa shape index (κ2) is 7.65. The molecular weight excluding hydrogens is 396 g/mol. The summed E-state index contributed by atoms with van der Waals surface area (Å²) >= 11 is 0. The Morgan fingerprint density at radius 2 is 1.30 bits per heavy atom. The molecule has 27 heavy (non-hydrogen) atoms. The van der Waals surface area contributed by atoms with Crippen molar-refractivity contribution in [1.82, 2.24) is 4.31 Å². The van der Waals surface area contributed by atoms with Gasteiger partial charge in [-0.1, -0.05) is 12.1 Å². The highest BCUT2D eigenvalue weighted by Gasteiger charge is 2.35. The summed E-state index contributed by atoms with van der Waals surface area (Å²) < 4.78 is 77.6. The number of hydrogen-bond donors (Lipinski definition) is 0. The molecule has 3 rings (SSSR count). The summed E-state index contributed by atoms with van der Waals surface area (Å²) in [6.07, 6.45) is 0.338. The number of halogens is 2. The van der Waals surface area contributed by atoms with Crippen molar-refractivity contribution in [2.24, 2.45) is 0 Å². The first-order chi connectivity index (χ1) is 12.7. The molecule has 9 heteroatoms. The molecule has 0 amide bonds. The van der Waals surface area contributed by atoms with Crippen LogP contribution in [-0.4, -0.2) is 39.5 Å². The smallest absolute Gasteiger partial charge is 0.218 e. The van der Waals surface area contributed by atoms with E-state index in [9.17, 15) is 25.6 Å². The number of hydrogen-bond acceptors (Lipinski definition) is 4. The summed E-state index contributed by atoms with van der Waals surface area (Å²) in [6.45, 7) is 0.184. The Balaban J connectivity index is 1.67. The molecule has 2 aromatic rings. The van der Waals surface area contributed by atoms with Gasteiger partial charge < -0.3 is 0 Å². The highest BCUT2D eigenvalue weighted by molar-refractivity contribution is 7.92.